The van der Waals surface area contributed by atoms with Crippen LogP contribution in [0, 0.1) is 0 Å². The van der Waals surface area contributed by atoms with Gasteiger partial charge in [-0.05, 0) is 37.8 Å². The Balaban J connectivity index is 1.61. The topological polar surface area (TPSA) is 91.2 Å². The summed E-state index contributed by atoms with van der Waals surface area (Å²) in [7, 11) is 0. The van der Waals surface area contributed by atoms with Crippen molar-refractivity contribution in [1.82, 2.24) is 20.1 Å². The number of nitrogens with one attached hydrogen (secondary N) is 1. The standard InChI is InChI=1S/C15H19N5O2S/c21-10-4-3-9-20(11-6-7-11)15(22)17-14-19-18-13(23-14)12-5-1-2-8-16-12/h1-2,5,8,11,21H,3-4,6-7,9-10H2,(H,17,19,22). The molecule has 0 saturated heterocycles. The molecular formula is C15H19N5O2S. The molecule has 0 spiro atoms. The summed E-state index contributed by atoms with van der Waals surface area (Å²) in [5.41, 5.74) is 0.743. The van der Waals surface area contributed by atoms with Gasteiger partial charge < -0.3 is 10.0 Å². The van der Waals surface area contributed by atoms with E-state index < -0.39 is 0 Å². The Labute approximate surface area is 138 Å². The van der Waals surface area contributed by atoms with Crippen LogP contribution in [-0.4, -0.2) is 50.4 Å². The molecule has 0 unspecified atom stereocenters. The van der Waals surface area contributed by atoms with E-state index in [0.29, 0.717) is 29.1 Å². The summed E-state index contributed by atoms with van der Waals surface area (Å²) >= 11 is 1.31. The Morgan fingerprint density at radius 2 is 2.22 bits per heavy atom. The highest BCUT2D eigenvalue weighted by Gasteiger charge is 2.32. The fourth-order valence-corrected chi connectivity index (χ4v) is 2.97. The zero-order valence-electron chi connectivity index (χ0n) is 12.7. The molecule has 1 aliphatic rings. The molecule has 1 saturated carbocycles. The average Bonchev–Trinajstić information content (AvgIpc) is 3.31. The third-order valence-corrected chi connectivity index (χ3v) is 4.44. The van der Waals surface area contributed by atoms with Crippen molar-refractivity contribution in [2.75, 3.05) is 18.5 Å². The van der Waals surface area contributed by atoms with Gasteiger partial charge in [-0.15, -0.1) is 10.2 Å². The van der Waals surface area contributed by atoms with E-state index in [2.05, 4.69) is 20.5 Å². The number of hydrogen-bond donors (Lipinski definition) is 2. The number of pyridine rings is 1. The Hall–Kier alpha value is -2.06. The number of anilines is 1. The van der Waals surface area contributed by atoms with Crippen LogP contribution in [0.15, 0.2) is 24.4 Å². The van der Waals surface area contributed by atoms with Crippen molar-refractivity contribution in [3.63, 3.8) is 0 Å². The number of hydrogen-bond acceptors (Lipinski definition) is 6. The summed E-state index contributed by atoms with van der Waals surface area (Å²) in [6.45, 7) is 0.812. The van der Waals surface area contributed by atoms with Crippen LogP contribution in [0.4, 0.5) is 9.93 Å². The highest BCUT2D eigenvalue weighted by molar-refractivity contribution is 7.18. The highest BCUT2D eigenvalue weighted by atomic mass is 32.1. The second-order valence-electron chi connectivity index (χ2n) is 5.41. The van der Waals surface area contributed by atoms with E-state index in [1.165, 1.54) is 11.3 Å². The average molecular weight is 333 g/mol. The number of amides is 2. The Kier molecular flexibility index (Phi) is 5.14. The minimum Gasteiger partial charge on any atom is -0.396 e. The third kappa shape index (κ3) is 4.23. The van der Waals surface area contributed by atoms with Crippen LogP contribution in [0.3, 0.4) is 0 Å². The monoisotopic (exact) mass is 333 g/mol. The number of rotatable bonds is 7. The van der Waals surface area contributed by atoms with E-state index >= 15 is 0 Å². The molecule has 0 bridgehead atoms. The van der Waals surface area contributed by atoms with Gasteiger partial charge in [0.15, 0.2) is 5.01 Å². The quantitative estimate of drug-likeness (QED) is 0.759. The zero-order valence-corrected chi connectivity index (χ0v) is 13.5. The van der Waals surface area contributed by atoms with Crippen molar-refractivity contribution in [2.24, 2.45) is 0 Å². The lowest BCUT2D eigenvalue weighted by Gasteiger charge is -2.21. The first kappa shape index (κ1) is 15.8. The maximum Gasteiger partial charge on any atom is 0.323 e. The van der Waals surface area contributed by atoms with E-state index in [9.17, 15) is 4.79 Å². The van der Waals surface area contributed by atoms with Crippen molar-refractivity contribution in [3.8, 4) is 10.7 Å². The van der Waals surface area contributed by atoms with Gasteiger partial charge in [-0.3, -0.25) is 10.3 Å². The number of carbonyl (C=O) groups excluding carboxylic acids is 1. The van der Waals surface area contributed by atoms with Crippen LogP contribution < -0.4 is 5.32 Å². The molecule has 2 heterocycles. The molecule has 1 fully saturated rings. The highest BCUT2D eigenvalue weighted by Crippen LogP contribution is 2.29. The molecule has 2 amide bonds. The van der Waals surface area contributed by atoms with Crippen molar-refractivity contribution in [3.05, 3.63) is 24.4 Å². The number of carbonyl (C=O) groups is 1. The van der Waals surface area contributed by atoms with Gasteiger partial charge in [-0.1, -0.05) is 17.4 Å². The van der Waals surface area contributed by atoms with E-state index in [1.807, 2.05) is 23.1 Å². The fraction of sp³-hybridized carbons (Fsp3) is 0.467. The summed E-state index contributed by atoms with van der Waals surface area (Å²) in [5, 5.41) is 20.9. The molecule has 2 aromatic rings. The van der Waals surface area contributed by atoms with Crippen LogP contribution in [0.5, 0.6) is 0 Å². The van der Waals surface area contributed by atoms with Crippen molar-refractivity contribution < 1.29 is 9.90 Å². The van der Waals surface area contributed by atoms with Gasteiger partial charge in [0.1, 0.15) is 5.69 Å². The first-order chi connectivity index (χ1) is 11.3. The third-order valence-electron chi connectivity index (χ3n) is 3.58. The lowest BCUT2D eigenvalue weighted by Crippen LogP contribution is -2.37. The van der Waals surface area contributed by atoms with E-state index in [1.54, 1.807) is 6.20 Å². The molecule has 7 nitrogen and oxygen atoms in total. The van der Waals surface area contributed by atoms with Crippen LogP contribution >= 0.6 is 11.3 Å². The number of unbranched alkanes of at least 4 members (excludes halogenated alkanes) is 1. The number of nitrogens with zero attached hydrogens (tertiary/aromatic N) is 4. The molecule has 122 valence electrons. The summed E-state index contributed by atoms with van der Waals surface area (Å²) < 4.78 is 0. The molecule has 0 radical (unpaired) electrons. The van der Waals surface area contributed by atoms with Crippen LogP contribution in [0.2, 0.25) is 0 Å². The van der Waals surface area contributed by atoms with Gasteiger partial charge >= 0.3 is 6.03 Å². The molecule has 0 atom stereocenters. The molecular weight excluding hydrogens is 314 g/mol. The van der Waals surface area contributed by atoms with Gasteiger partial charge in [0.25, 0.3) is 0 Å². The van der Waals surface area contributed by atoms with E-state index in [4.69, 9.17) is 5.11 Å². The largest absolute Gasteiger partial charge is 0.396 e. The van der Waals surface area contributed by atoms with E-state index in [-0.39, 0.29) is 12.6 Å². The lowest BCUT2D eigenvalue weighted by molar-refractivity contribution is 0.204. The summed E-state index contributed by atoms with van der Waals surface area (Å²) in [4.78, 5) is 18.5. The summed E-state index contributed by atoms with van der Waals surface area (Å²) in [6, 6.07) is 5.76. The second kappa shape index (κ2) is 7.47. The number of aliphatic hydroxyl groups is 1. The Bertz CT molecular complexity index is 644. The SMILES string of the molecule is O=C(Nc1nnc(-c2ccccn2)s1)N(CCCCO)C1CC1. The van der Waals surface area contributed by atoms with Crippen LogP contribution in [0.1, 0.15) is 25.7 Å². The molecule has 2 N–H and O–H groups in total. The Morgan fingerprint density at radius 1 is 1.35 bits per heavy atom. The van der Waals surface area contributed by atoms with Gasteiger partial charge in [-0.2, -0.15) is 0 Å². The summed E-state index contributed by atoms with van der Waals surface area (Å²) in [6.07, 6.45) is 5.30. The minimum atomic E-state index is -0.144. The normalized spacial score (nSPS) is 13.8. The molecule has 8 heteroatoms. The number of aromatic nitrogens is 3. The Morgan fingerprint density at radius 3 is 2.91 bits per heavy atom. The molecule has 0 aliphatic heterocycles. The van der Waals surface area contributed by atoms with Crippen molar-refractivity contribution in [2.45, 2.75) is 31.7 Å². The molecule has 23 heavy (non-hydrogen) atoms. The van der Waals surface area contributed by atoms with Gasteiger partial charge in [0, 0.05) is 25.4 Å². The van der Waals surface area contributed by atoms with Gasteiger partial charge in [0.05, 0.1) is 0 Å². The van der Waals surface area contributed by atoms with Crippen LogP contribution in [0.25, 0.3) is 10.7 Å². The van der Waals surface area contributed by atoms with Gasteiger partial charge in [0.2, 0.25) is 5.13 Å². The molecule has 1 aliphatic carbocycles. The fourth-order valence-electron chi connectivity index (χ4n) is 2.26. The first-order valence-electron chi connectivity index (χ1n) is 7.71. The van der Waals surface area contributed by atoms with Crippen molar-refractivity contribution in [1.29, 1.82) is 0 Å². The number of aliphatic hydroxyl groups excluding tert-OH is 1. The summed E-state index contributed by atoms with van der Waals surface area (Å²) in [5.74, 6) is 0. The van der Waals surface area contributed by atoms with Crippen LogP contribution in [-0.2, 0) is 0 Å². The maximum atomic E-state index is 12.4. The molecule has 3 rings (SSSR count). The lowest BCUT2D eigenvalue weighted by atomic mass is 10.3. The predicted octanol–water partition coefficient (Wildman–Crippen LogP) is 2.37. The second-order valence-corrected chi connectivity index (χ2v) is 6.39. The van der Waals surface area contributed by atoms with E-state index in [0.717, 1.165) is 25.0 Å². The molecule has 2 aromatic heterocycles. The zero-order chi connectivity index (χ0) is 16.1. The molecule has 0 aromatic carbocycles. The number of urea groups is 1. The van der Waals surface area contributed by atoms with Crippen molar-refractivity contribution >= 4 is 22.5 Å². The first-order valence-corrected chi connectivity index (χ1v) is 8.53. The predicted molar refractivity (Wildman–Crippen MR) is 88.2 cm³/mol. The minimum absolute atomic E-state index is 0.144. The maximum absolute atomic E-state index is 12.4. The van der Waals surface area contributed by atoms with Gasteiger partial charge in [-0.25, -0.2) is 4.79 Å². The smallest absolute Gasteiger partial charge is 0.323 e.